The lowest BCUT2D eigenvalue weighted by Gasteiger charge is -2.36. The zero-order valence-corrected chi connectivity index (χ0v) is 14.4. The van der Waals surface area contributed by atoms with Crippen LogP contribution in [-0.2, 0) is 16.1 Å². The molecule has 2 aliphatic rings. The van der Waals surface area contributed by atoms with Crippen LogP contribution >= 0.6 is 15.9 Å². The number of likely N-dealkylation sites (tertiary alicyclic amines) is 1. The lowest BCUT2D eigenvalue weighted by Crippen LogP contribution is -2.48. The molecule has 1 amide bonds. The molecule has 2 fully saturated rings. The lowest BCUT2D eigenvalue weighted by molar-refractivity contribution is -0.141. The van der Waals surface area contributed by atoms with Crippen molar-refractivity contribution in [2.75, 3.05) is 39.4 Å². The van der Waals surface area contributed by atoms with Gasteiger partial charge in [-0.1, -0.05) is 34.1 Å². The van der Waals surface area contributed by atoms with Crippen LogP contribution in [0.4, 0.5) is 0 Å². The van der Waals surface area contributed by atoms with E-state index in [4.69, 9.17) is 4.74 Å². The predicted octanol–water partition coefficient (Wildman–Crippen LogP) is 2.52. The number of carbonyl (C=O) groups is 1. The van der Waals surface area contributed by atoms with Gasteiger partial charge in [0.05, 0.1) is 19.1 Å². The molecule has 0 bridgehead atoms. The van der Waals surface area contributed by atoms with Crippen LogP contribution in [0.3, 0.4) is 0 Å². The number of ether oxygens (including phenoxy) is 1. The minimum Gasteiger partial charge on any atom is -0.378 e. The minimum atomic E-state index is 0.148. The first-order chi connectivity index (χ1) is 10.7. The predicted molar refractivity (Wildman–Crippen MR) is 89.5 cm³/mol. The summed E-state index contributed by atoms with van der Waals surface area (Å²) < 4.78 is 6.49. The molecule has 120 valence electrons. The monoisotopic (exact) mass is 366 g/mol. The number of rotatable bonds is 3. The first-order valence-corrected chi connectivity index (χ1v) is 8.85. The second kappa shape index (κ2) is 7.57. The fraction of sp³-hybridized carbons (Fsp3) is 0.588. The molecule has 0 radical (unpaired) electrons. The molecule has 0 saturated carbocycles. The Balaban J connectivity index is 1.59. The molecule has 1 aromatic carbocycles. The number of morpholine rings is 1. The number of nitrogens with zero attached hydrogens (tertiary/aromatic N) is 2. The van der Waals surface area contributed by atoms with E-state index in [0.29, 0.717) is 19.1 Å². The average Bonchev–Trinajstić information content (AvgIpc) is 2.57. The molecule has 4 nitrogen and oxygen atoms in total. The smallest absolute Gasteiger partial charge is 0.227 e. The van der Waals surface area contributed by atoms with E-state index in [1.54, 1.807) is 0 Å². The molecular weight excluding hydrogens is 344 g/mol. The van der Waals surface area contributed by atoms with Gasteiger partial charge in [0.25, 0.3) is 0 Å². The molecule has 0 aromatic heterocycles. The Morgan fingerprint density at radius 2 is 2.00 bits per heavy atom. The van der Waals surface area contributed by atoms with Crippen molar-refractivity contribution in [2.24, 2.45) is 5.92 Å². The van der Waals surface area contributed by atoms with Gasteiger partial charge < -0.3 is 9.64 Å². The topological polar surface area (TPSA) is 32.8 Å². The minimum absolute atomic E-state index is 0.148. The first-order valence-electron chi connectivity index (χ1n) is 8.06. The summed E-state index contributed by atoms with van der Waals surface area (Å²) in [5, 5.41) is 0. The van der Waals surface area contributed by atoms with Crippen molar-refractivity contribution in [1.29, 1.82) is 0 Å². The standard InChI is InChI=1S/C17H23BrN2O2/c18-16-6-2-1-4-14(16)12-19-7-3-5-15(13-19)17(21)20-8-10-22-11-9-20/h1-2,4,6,15H,3,5,7-13H2. The van der Waals surface area contributed by atoms with Gasteiger partial charge >= 0.3 is 0 Å². The number of amides is 1. The van der Waals surface area contributed by atoms with Crippen molar-refractivity contribution in [3.63, 3.8) is 0 Å². The van der Waals surface area contributed by atoms with Crippen molar-refractivity contribution in [2.45, 2.75) is 19.4 Å². The lowest BCUT2D eigenvalue weighted by atomic mass is 9.96. The highest BCUT2D eigenvalue weighted by Gasteiger charge is 2.30. The molecule has 1 unspecified atom stereocenters. The van der Waals surface area contributed by atoms with Gasteiger partial charge in [0.15, 0.2) is 0 Å². The Labute approximate surface area is 140 Å². The van der Waals surface area contributed by atoms with Crippen LogP contribution in [0, 0.1) is 5.92 Å². The maximum Gasteiger partial charge on any atom is 0.227 e. The summed E-state index contributed by atoms with van der Waals surface area (Å²) in [6.45, 7) is 5.72. The van der Waals surface area contributed by atoms with Gasteiger partial charge in [-0.2, -0.15) is 0 Å². The Morgan fingerprint density at radius 1 is 1.23 bits per heavy atom. The second-order valence-corrected chi connectivity index (χ2v) is 6.96. The molecule has 2 saturated heterocycles. The van der Waals surface area contributed by atoms with Gasteiger partial charge in [-0.15, -0.1) is 0 Å². The SMILES string of the molecule is O=C(C1CCCN(Cc2ccccc2Br)C1)N1CCOCC1. The van der Waals surface area contributed by atoms with Gasteiger partial charge in [-0.05, 0) is 31.0 Å². The largest absolute Gasteiger partial charge is 0.378 e. The van der Waals surface area contributed by atoms with Gasteiger partial charge in [0.1, 0.15) is 0 Å². The van der Waals surface area contributed by atoms with Gasteiger partial charge in [-0.25, -0.2) is 0 Å². The summed E-state index contributed by atoms with van der Waals surface area (Å²) in [7, 11) is 0. The summed E-state index contributed by atoms with van der Waals surface area (Å²) in [4.78, 5) is 17.0. The number of hydrogen-bond acceptors (Lipinski definition) is 3. The highest BCUT2D eigenvalue weighted by molar-refractivity contribution is 9.10. The van der Waals surface area contributed by atoms with Gasteiger partial charge in [-0.3, -0.25) is 9.69 Å². The Hall–Kier alpha value is -0.910. The van der Waals surface area contributed by atoms with Crippen LogP contribution in [0.25, 0.3) is 0 Å². The Kier molecular flexibility index (Phi) is 5.50. The number of benzene rings is 1. The highest BCUT2D eigenvalue weighted by Crippen LogP contribution is 2.23. The van der Waals surface area contributed by atoms with E-state index in [2.05, 4.69) is 39.0 Å². The van der Waals surface area contributed by atoms with Crippen LogP contribution < -0.4 is 0 Å². The molecule has 1 aromatic rings. The molecule has 0 spiro atoms. The van der Waals surface area contributed by atoms with E-state index >= 15 is 0 Å². The highest BCUT2D eigenvalue weighted by atomic mass is 79.9. The number of carbonyl (C=O) groups excluding carboxylic acids is 1. The van der Waals surface area contributed by atoms with E-state index in [0.717, 1.165) is 50.0 Å². The van der Waals surface area contributed by atoms with E-state index in [-0.39, 0.29) is 5.92 Å². The van der Waals surface area contributed by atoms with Crippen LogP contribution in [-0.4, -0.2) is 55.1 Å². The summed E-state index contributed by atoms with van der Waals surface area (Å²) in [6.07, 6.45) is 2.12. The third-order valence-corrected chi connectivity index (χ3v) is 5.30. The number of piperidine rings is 1. The molecule has 5 heteroatoms. The van der Waals surface area contributed by atoms with Crippen molar-refractivity contribution in [3.05, 3.63) is 34.3 Å². The Bertz CT molecular complexity index is 517. The molecule has 0 N–H and O–H groups in total. The van der Waals surface area contributed by atoms with Crippen molar-refractivity contribution >= 4 is 21.8 Å². The summed E-state index contributed by atoms with van der Waals surface area (Å²) in [6, 6.07) is 8.34. The summed E-state index contributed by atoms with van der Waals surface area (Å²) in [5.41, 5.74) is 1.29. The number of halogens is 1. The average molecular weight is 367 g/mol. The zero-order chi connectivity index (χ0) is 15.4. The van der Waals surface area contributed by atoms with Crippen molar-refractivity contribution < 1.29 is 9.53 Å². The van der Waals surface area contributed by atoms with E-state index in [1.165, 1.54) is 5.56 Å². The Morgan fingerprint density at radius 3 is 2.77 bits per heavy atom. The maximum atomic E-state index is 12.7. The third kappa shape index (κ3) is 3.89. The molecule has 22 heavy (non-hydrogen) atoms. The fourth-order valence-corrected chi connectivity index (χ4v) is 3.72. The van der Waals surface area contributed by atoms with E-state index in [1.807, 2.05) is 11.0 Å². The first kappa shape index (κ1) is 16.0. The summed E-state index contributed by atoms with van der Waals surface area (Å²) in [5.74, 6) is 0.467. The second-order valence-electron chi connectivity index (χ2n) is 6.10. The van der Waals surface area contributed by atoms with E-state index in [9.17, 15) is 4.79 Å². The molecule has 1 atom stereocenters. The van der Waals surface area contributed by atoms with Gasteiger partial charge in [0, 0.05) is 30.7 Å². The molecule has 0 aliphatic carbocycles. The third-order valence-electron chi connectivity index (χ3n) is 4.53. The summed E-state index contributed by atoms with van der Waals surface area (Å²) >= 11 is 3.61. The zero-order valence-electron chi connectivity index (χ0n) is 12.8. The molecular formula is C17H23BrN2O2. The molecule has 2 aliphatic heterocycles. The fourth-order valence-electron chi connectivity index (χ4n) is 3.31. The van der Waals surface area contributed by atoms with Crippen molar-refractivity contribution in [3.8, 4) is 0 Å². The van der Waals surface area contributed by atoms with E-state index < -0.39 is 0 Å². The van der Waals surface area contributed by atoms with Crippen LogP contribution in [0.5, 0.6) is 0 Å². The van der Waals surface area contributed by atoms with Crippen LogP contribution in [0.1, 0.15) is 18.4 Å². The van der Waals surface area contributed by atoms with Crippen LogP contribution in [0.2, 0.25) is 0 Å². The molecule has 3 rings (SSSR count). The van der Waals surface area contributed by atoms with Crippen LogP contribution in [0.15, 0.2) is 28.7 Å². The molecule has 2 heterocycles. The normalized spacial score (nSPS) is 23.5. The van der Waals surface area contributed by atoms with Crippen molar-refractivity contribution in [1.82, 2.24) is 9.80 Å². The maximum absolute atomic E-state index is 12.7. The number of hydrogen-bond donors (Lipinski definition) is 0. The van der Waals surface area contributed by atoms with Gasteiger partial charge in [0.2, 0.25) is 5.91 Å². The quantitative estimate of drug-likeness (QED) is 0.823.